The summed E-state index contributed by atoms with van der Waals surface area (Å²) in [5.74, 6) is 0.0841. The quantitative estimate of drug-likeness (QED) is 0.701. The van der Waals surface area contributed by atoms with Crippen LogP contribution in [0.3, 0.4) is 0 Å². The van der Waals surface area contributed by atoms with Gasteiger partial charge in [0.25, 0.3) is 10.2 Å². The molecule has 1 saturated carbocycles. The average Bonchev–Trinajstić information content (AvgIpc) is 2.80. The summed E-state index contributed by atoms with van der Waals surface area (Å²) in [5, 5.41) is 9.39. The van der Waals surface area contributed by atoms with Crippen LogP contribution in [0.15, 0.2) is 0 Å². The lowest BCUT2D eigenvalue weighted by Gasteiger charge is -2.17. The first-order valence-electron chi connectivity index (χ1n) is 5.44. The molecule has 15 heavy (non-hydrogen) atoms. The van der Waals surface area contributed by atoms with E-state index in [-0.39, 0.29) is 12.0 Å². The van der Waals surface area contributed by atoms with E-state index in [0.717, 1.165) is 19.3 Å². The maximum atomic E-state index is 11.8. The zero-order valence-corrected chi connectivity index (χ0v) is 9.70. The Morgan fingerprint density at radius 3 is 2.53 bits per heavy atom. The lowest BCUT2D eigenvalue weighted by Crippen LogP contribution is -2.40. The first-order chi connectivity index (χ1) is 6.99. The summed E-state index contributed by atoms with van der Waals surface area (Å²) in [7, 11) is -3.29. The van der Waals surface area contributed by atoms with Gasteiger partial charge in [0.2, 0.25) is 0 Å². The molecule has 0 radical (unpaired) electrons. The van der Waals surface area contributed by atoms with Crippen molar-refractivity contribution in [2.75, 3.05) is 13.1 Å². The van der Waals surface area contributed by atoms with E-state index in [1.54, 1.807) is 6.92 Å². The van der Waals surface area contributed by atoms with Crippen LogP contribution >= 0.6 is 0 Å². The maximum Gasteiger partial charge on any atom is 0.279 e. The van der Waals surface area contributed by atoms with Crippen LogP contribution < -0.4 is 4.72 Å². The summed E-state index contributed by atoms with van der Waals surface area (Å²) in [6.07, 6.45) is 2.23. The molecule has 6 heteroatoms. The van der Waals surface area contributed by atoms with Crippen LogP contribution in [0, 0.1) is 5.92 Å². The van der Waals surface area contributed by atoms with Gasteiger partial charge in [0.15, 0.2) is 0 Å². The number of hydrogen-bond donors (Lipinski definition) is 2. The average molecular weight is 234 g/mol. The summed E-state index contributed by atoms with van der Waals surface area (Å²) < 4.78 is 27.7. The van der Waals surface area contributed by atoms with E-state index in [0.29, 0.717) is 13.1 Å². The molecule has 2 rings (SSSR count). The highest BCUT2D eigenvalue weighted by Crippen LogP contribution is 2.25. The van der Waals surface area contributed by atoms with E-state index in [1.165, 1.54) is 4.31 Å². The molecule has 0 aromatic heterocycles. The Morgan fingerprint density at radius 2 is 2.07 bits per heavy atom. The van der Waals surface area contributed by atoms with Gasteiger partial charge in [0, 0.05) is 19.1 Å². The highest BCUT2D eigenvalue weighted by atomic mass is 32.2. The smallest absolute Gasteiger partial charge is 0.279 e. The maximum absolute atomic E-state index is 11.8. The lowest BCUT2D eigenvalue weighted by atomic mass is 10.0. The molecule has 2 aliphatic rings. The van der Waals surface area contributed by atoms with Gasteiger partial charge in [-0.15, -0.1) is 0 Å². The Labute approximate surface area is 90.6 Å². The second-order valence-electron chi connectivity index (χ2n) is 4.54. The molecule has 88 valence electrons. The van der Waals surface area contributed by atoms with Crippen molar-refractivity contribution in [3.8, 4) is 0 Å². The first-order valence-corrected chi connectivity index (χ1v) is 6.88. The van der Waals surface area contributed by atoms with Gasteiger partial charge < -0.3 is 5.11 Å². The Kier molecular flexibility index (Phi) is 3.03. The van der Waals surface area contributed by atoms with Gasteiger partial charge in [-0.2, -0.15) is 17.4 Å². The van der Waals surface area contributed by atoms with Crippen molar-refractivity contribution in [2.24, 2.45) is 5.92 Å². The molecule has 1 saturated heterocycles. The van der Waals surface area contributed by atoms with E-state index in [9.17, 15) is 13.5 Å². The Bertz CT molecular complexity index is 324. The van der Waals surface area contributed by atoms with Gasteiger partial charge in [0.1, 0.15) is 0 Å². The van der Waals surface area contributed by atoms with Crippen LogP contribution in [0.5, 0.6) is 0 Å². The van der Waals surface area contributed by atoms with Gasteiger partial charge >= 0.3 is 0 Å². The van der Waals surface area contributed by atoms with Crippen LogP contribution in [0.25, 0.3) is 0 Å². The van der Waals surface area contributed by atoms with Crippen molar-refractivity contribution in [2.45, 2.75) is 38.3 Å². The summed E-state index contributed by atoms with van der Waals surface area (Å²) in [5.41, 5.74) is 0. The number of nitrogens with zero attached hydrogens (tertiary/aromatic N) is 1. The molecule has 0 amide bonds. The Balaban J connectivity index is 1.94. The number of rotatable bonds is 4. The standard InChI is InChI=1S/C9H18N2O3S/c1-7(12)8-4-5-11(6-8)15(13,14)10-9-2-3-9/h7-10,12H,2-6H2,1H3. The molecule has 2 unspecified atom stereocenters. The minimum atomic E-state index is -3.29. The molecule has 5 nitrogen and oxygen atoms in total. The van der Waals surface area contributed by atoms with Crippen LogP contribution in [-0.4, -0.2) is 43.1 Å². The van der Waals surface area contributed by atoms with Crippen LogP contribution in [0.1, 0.15) is 26.2 Å². The molecule has 0 aromatic rings. The third-order valence-corrected chi connectivity index (χ3v) is 4.75. The van der Waals surface area contributed by atoms with Crippen molar-refractivity contribution in [3.05, 3.63) is 0 Å². The first kappa shape index (κ1) is 11.3. The Hall–Kier alpha value is -0.170. The second kappa shape index (κ2) is 4.01. The molecule has 2 fully saturated rings. The fourth-order valence-electron chi connectivity index (χ4n) is 1.85. The predicted molar refractivity (Wildman–Crippen MR) is 56.4 cm³/mol. The van der Waals surface area contributed by atoms with E-state index in [2.05, 4.69) is 4.72 Å². The molecule has 2 atom stereocenters. The van der Waals surface area contributed by atoms with Gasteiger partial charge in [0.05, 0.1) is 6.10 Å². The SMILES string of the molecule is CC(O)C1CCN(S(=O)(=O)NC2CC2)C1. The zero-order chi connectivity index (χ0) is 11.1. The van der Waals surface area contributed by atoms with Crippen LogP contribution in [0.4, 0.5) is 0 Å². The molecular weight excluding hydrogens is 216 g/mol. The van der Waals surface area contributed by atoms with Gasteiger partial charge in [-0.3, -0.25) is 0 Å². The van der Waals surface area contributed by atoms with Gasteiger partial charge in [-0.25, -0.2) is 0 Å². The number of aliphatic hydroxyl groups is 1. The van der Waals surface area contributed by atoms with Crippen molar-refractivity contribution in [1.82, 2.24) is 9.03 Å². The molecule has 1 aliphatic heterocycles. The Morgan fingerprint density at radius 1 is 1.40 bits per heavy atom. The minimum Gasteiger partial charge on any atom is -0.393 e. The van der Waals surface area contributed by atoms with Crippen molar-refractivity contribution < 1.29 is 13.5 Å². The summed E-state index contributed by atoms with van der Waals surface area (Å²) in [6, 6.07) is 0.153. The molecule has 0 aromatic carbocycles. The molecule has 2 N–H and O–H groups in total. The lowest BCUT2D eigenvalue weighted by molar-refractivity contribution is 0.132. The van der Waals surface area contributed by atoms with E-state index in [1.807, 2.05) is 0 Å². The third kappa shape index (κ3) is 2.69. The number of aliphatic hydroxyl groups excluding tert-OH is 1. The van der Waals surface area contributed by atoms with Crippen LogP contribution in [-0.2, 0) is 10.2 Å². The van der Waals surface area contributed by atoms with E-state index in [4.69, 9.17) is 0 Å². The monoisotopic (exact) mass is 234 g/mol. The van der Waals surface area contributed by atoms with E-state index < -0.39 is 16.3 Å². The normalized spacial score (nSPS) is 30.7. The molecule has 1 aliphatic carbocycles. The fourth-order valence-corrected chi connectivity index (χ4v) is 3.39. The highest BCUT2D eigenvalue weighted by Gasteiger charge is 2.36. The fraction of sp³-hybridized carbons (Fsp3) is 1.00. The summed E-state index contributed by atoms with van der Waals surface area (Å²) in [6.45, 7) is 2.69. The molecule has 0 spiro atoms. The largest absolute Gasteiger partial charge is 0.393 e. The molecular formula is C9H18N2O3S. The van der Waals surface area contributed by atoms with Crippen molar-refractivity contribution in [1.29, 1.82) is 0 Å². The minimum absolute atomic E-state index is 0.0841. The number of hydrogen-bond acceptors (Lipinski definition) is 3. The predicted octanol–water partition coefficient (Wildman–Crippen LogP) is -0.314. The molecule has 0 bridgehead atoms. The summed E-state index contributed by atoms with van der Waals surface area (Å²) >= 11 is 0. The zero-order valence-electron chi connectivity index (χ0n) is 8.89. The highest BCUT2D eigenvalue weighted by molar-refractivity contribution is 7.87. The van der Waals surface area contributed by atoms with Gasteiger partial charge in [-0.05, 0) is 32.1 Å². The van der Waals surface area contributed by atoms with Crippen molar-refractivity contribution in [3.63, 3.8) is 0 Å². The van der Waals surface area contributed by atoms with Crippen LogP contribution in [0.2, 0.25) is 0 Å². The molecule has 1 heterocycles. The second-order valence-corrected chi connectivity index (χ2v) is 6.25. The number of nitrogens with one attached hydrogen (secondary N) is 1. The third-order valence-electron chi connectivity index (χ3n) is 3.10. The van der Waals surface area contributed by atoms with Crippen molar-refractivity contribution >= 4 is 10.2 Å². The van der Waals surface area contributed by atoms with Gasteiger partial charge in [-0.1, -0.05) is 0 Å². The van der Waals surface area contributed by atoms with E-state index >= 15 is 0 Å². The topological polar surface area (TPSA) is 69.6 Å². The summed E-state index contributed by atoms with van der Waals surface area (Å²) in [4.78, 5) is 0.